The average Bonchev–Trinajstić information content (AvgIpc) is 2.42. The number of hydrogen-bond donors (Lipinski definition) is 1. The Morgan fingerprint density at radius 1 is 1.16 bits per heavy atom. The summed E-state index contributed by atoms with van der Waals surface area (Å²) in [5.41, 5.74) is 7.47. The van der Waals surface area contributed by atoms with Gasteiger partial charge in [0.1, 0.15) is 0 Å². The van der Waals surface area contributed by atoms with Gasteiger partial charge in [-0.25, -0.2) is 0 Å². The second-order valence-electron chi connectivity index (χ2n) is 5.49. The summed E-state index contributed by atoms with van der Waals surface area (Å²) in [5, 5.41) is 0. The third kappa shape index (κ3) is 6.71. The molecule has 0 saturated carbocycles. The molecule has 0 saturated heterocycles. The second-order valence-corrected chi connectivity index (χ2v) is 5.49. The van der Waals surface area contributed by atoms with Crippen LogP contribution in [-0.4, -0.2) is 38.3 Å². The number of ether oxygens (including phenoxy) is 1. The molecule has 1 aromatic carbocycles. The molecule has 19 heavy (non-hydrogen) atoms. The van der Waals surface area contributed by atoms with Gasteiger partial charge in [-0.05, 0) is 17.9 Å². The number of rotatable bonds is 9. The van der Waals surface area contributed by atoms with Gasteiger partial charge >= 0.3 is 0 Å². The molecule has 0 fully saturated rings. The Labute approximate surface area is 117 Å². The van der Waals surface area contributed by atoms with Crippen LogP contribution in [0.3, 0.4) is 0 Å². The van der Waals surface area contributed by atoms with Crippen molar-refractivity contribution in [3.8, 4) is 0 Å². The predicted molar refractivity (Wildman–Crippen MR) is 81.1 cm³/mol. The van der Waals surface area contributed by atoms with Crippen LogP contribution in [0.2, 0.25) is 0 Å². The van der Waals surface area contributed by atoms with Gasteiger partial charge in [0, 0.05) is 32.8 Å². The number of methoxy groups -OCH3 is 1. The molecule has 0 bridgehead atoms. The molecule has 3 nitrogen and oxygen atoms in total. The van der Waals surface area contributed by atoms with E-state index < -0.39 is 0 Å². The summed E-state index contributed by atoms with van der Waals surface area (Å²) in [7, 11) is 1.75. The summed E-state index contributed by atoms with van der Waals surface area (Å²) in [5.74, 6) is 0.671. The monoisotopic (exact) mass is 264 g/mol. The molecule has 1 aromatic rings. The quantitative estimate of drug-likeness (QED) is 0.745. The van der Waals surface area contributed by atoms with E-state index in [2.05, 4.69) is 30.9 Å². The zero-order valence-corrected chi connectivity index (χ0v) is 12.5. The fourth-order valence-electron chi connectivity index (χ4n) is 2.22. The zero-order chi connectivity index (χ0) is 14.1. The van der Waals surface area contributed by atoms with Crippen LogP contribution in [0.4, 0.5) is 0 Å². The van der Waals surface area contributed by atoms with E-state index in [-0.39, 0.29) is 6.04 Å². The molecule has 3 heteroatoms. The Kier molecular flexibility index (Phi) is 7.72. The maximum Gasteiger partial charge on any atom is 0.0589 e. The lowest BCUT2D eigenvalue weighted by atomic mass is 10.0. The van der Waals surface area contributed by atoms with Crippen molar-refractivity contribution >= 4 is 0 Å². The fraction of sp³-hybridized carbons (Fsp3) is 0.625. The van der Waals surface area contributed by atoms with Gasteiger partial charge in [-0.1, -0.05) is 44.2 Å². The Bertz CT molecular complexity index is 327. The lowest BCUT2D eigenvalue weighted by molar-refractivity contribution is 0.138. The molecule has 0 aliphatic rings. The van der Waals surface area contributed by atoms with Crippen LogP contribution in [0, 0.1) is 5.92 Å². The molecule has 1 rings (SSSR count). The van der Waals surface area contributed by atoms with E-state index in [1.165, 1.54) is 5.56 Å². The number of benzene rings is 1. The van der Waals surface area contributed by atoms with Gasteiger partial charge in [0.25, 0.3) is 0 Å². The molecule has 2 N–H and O–H groups in total. The first-order valence-electron chi connectivity index (χ1n) is 7.15. The summed E-state index contributed by atoms with van der Waals surface area (Å²) in [4.78, 5) is 2.44. The summed E-state index contributed by atoms with van der Waals surface area (Å²) in [6.07, 6.45) is 0.987. The smallest absolute Gasteiger partial charge is 0.0589 e. The molecule has 1 unspecified atom stereocenters. The van der Waals surface area contributed by atoms with Gasteiger partial charge < -0.3 is 15.4 Å². The van der Waals surface area contributed by atoms with Crippen LogP contribution in [0.15, 0.2) is 30.3 Å². The van der Waals surface area contributed by atoms with Crippen molar-refractivity contribution in [2.75, 3.05) is 33.4 Å². The Hall–Kier alpha value is -0.900. The number of nitrogens with two attached hydrogens (primary N) is 1. The third-order valence-corrected chi connectivity index (χ3v) is 3.22. The molecule has 0 aliphatic heterocycles. The number of hydrogen-bond acceptors (Lipinski definition) is 3. The van der Waals surface area contributed by atoms with Crippen molar-refractivity contribution in [3.63, 3.8) is 0 Å². The van der Waals surface area contributed by atoms with Crippen LogP contribution < -0.4 is 5.73 Å². The van der Waals surface area contributed by atoms with E-state index >= 15 is 0 Å². The lowest BCUT2D eigenvalue weighted by Gasteiger charge is -2.25. The molecule has 0 amide bonds. The molecule has 0 spiro atoms. The Balaban J connectivity index is 2.41. The Morgan fingerprint density at radius 3 is 2.42 bits per heavy atom. The minimum absolute atomic E-state index is 0.124. The van der Waals surface area contributed by atoms with Crippen molar-refractivity contribution in [1.82, 2.24) is 4.90 Å². The maximum atomic E-state index is 6.24. The van der Waals surface area contributed by atoms with Crippen LogP contribution in [0.1, 0.15) is 31.9 Å². The topological polar surface area (TPSA) is 38.5 Å². The SMILES string of the molecule is COCCN(CCC(N)c1ccccc1)CC(C)C. The van der Waals surface area contributed by atoms with E-state index in [0.717, 1.165) is 32.7 Å². The van der Waals surface area contributed by atoms with Crippen molar-refractivity contribution in [1.29, 1.82) is 0 Å². The molecular formula is C16H28N2O. The Morgan fingerprint density at radius 2 is 1.84 bits per heavy atom. The fourth-order valence-corrected chi connectivity index (χ4v) is 2.22. The minimum Gasteiger partial charge on any atom is -0.383 e. The van der Waals surface area contributed by atoms with Crippen molar-refractivity contribution in [3.05, 3.63) is 35.9 Å². The van der Waals surface area contributed by atoms with Crippen LogP contribution in [0.25, 0.3) is 0 Å². The molecular weight excluding hydrogens is 236 g/mol. The highest BCUT2D eigenvalue weighted by Gasteiger charge is 2.11. The van der Waals surface area contributed by atoms with E-state index in [0.29, 0.717) is 5.92 Å². The molecule has 108 valence electrons. The number of nitrogens with zero attached hydrogens (tertiary/aromatic N) is 1. The van der Waals surface area contributed by atoms with Crippen molar-refractivity contribution in [2.45, 2.75) is 26.3 Å². The van der Waals surface area contributed by atoms with Crippen molar-refractivity contribution in [2.24, 2.45) is 11.7 Å². The molecule has 0 aliphatic carbocycles. The summed E-state index contributed by atoms with van der Waals surface area (Å²) in [6.45, 7) is 8.39. The normalized spacial score (nSPS) is 13.2. The molecule has 0 heterocycles. The first-order valence-corrected chi connectivity index (χ1v) is 7.15. The van der Waals surface area contributed by atoms with E-state index in [9.17, 15) is 0 Å². The first kappa shape index (κ1) is 16.2. The van der Waals surface area contributed by atoms with E-state index in [1.54, 1.807) is 7.11 Å². The average molecular weight is 264 g/mol. The largest absolute Gasteiger partial charge is 0.383 e. The lowest BCUT2D eigenvalue weighted by Crippen LogP contribution is -2.33. The highest BCUT2D eigenvalue weighted by atomic mass is 16.5. The van der Waals surface area contributed by atoms with Gasteiger partial charge in [-0.15, -0.1) is 0 Å². The summed E-state index contributed by atoms with van der Waals surface area (Å²) >= 11 is 0. The third-order valence-electron chi connectivity index (χ3n) is 3.22. The summed E-state index contributed by atoms with van der Waals surface area (Å²) < 4.78 is 5.17. The van der Waals surface area contributed by atoms with Crippen LogP contribution in [0.5, 0.6) is 0 Å². The van der Waals surface area contributed by atoms with Gasteiger partial charge in [0.15, 0.2) is 0 Å². The van der Waals surface area contributed by atoms with Gasteiger partial charge in [0.2, 0.25) is 0 Å². The van der Waals surface area contributed by atoms with Gasteiger partial charge in [-0.3, -0.25) is 0 Å². The zero-order valence-electron chi connectivity index (χ0n) is 12.5. The molecule has 0 radical (unpaired) electrons. The highest BCUT2D eigenvalue weighted by molar-refractivity contribution is 5.18. The second kappa shape index (κ2) is 9.08. The van der Waals surface area contributed by atoms with Crippen LogP contribution in [-0.2, 0) is 4.74 Å². The van der Waals surface area contributed by atoms with Gasteiger partial charge in [-0.2, -0.15) is 0 Å². The first-order chi connectivity index (χ1) is 9.13. The highest BCUT2D eigenvalue weighted by Crippen LogP contribution is 2.14. The maximum absolute atomic E-state index is 6.24. The van der Waals surface area contributed by atoms with E-state index in [4.69, 9.17) is 10.5 Å². The van der Waals surface area contributed by atoms with E-state index in [1.807, 2.05) is 18.2 Å². The molecule has 1 atom stereocenters. The van der Waals surface area contributed by atoms with Crippen LogP contribution >= 0.6 is 0 Å². The summed E-state index contributed by atoms with van der Waals surface area (Å²) in [6, 6.07) is 10.5. The molecule has 0 aromatic heterocycles. The minimum atomic E-state index is 0.124. The van der Waals surface area contributed by atoms with Crippen molar-refractivity contribution < 1.29 is 4.74 Å². The standard InChI is InChI=1S/C16H28N2O/c1-14(2)13-18(11-12-19-3)10-9-16(17)15-7-5-4-6-8-15/h4-8,14,16H,9-13,17H2,1-3H3. The predicted octanol–water partition coefficient (Wildman–Crippen LogP) is 2.68. The van der Waals surface area contributed by atoms with Gasteiger partial charge in [0.05, 0.1) is 6.61 Å².